The Morgan fingerprint density at radius 3 is 2.79 bits per heavy atom. The Morgan fingerprint density at radius 1 is 1.14 bits per heavy atom. The quantitative estimate of drug-likeness (QED) is 0.501. The first-order valence-electron chi connectivity index (χ1n) is 9.14. The van der Waals surface area contributed by atoms with E-state index in [0.717, 1.165) is 15.8 Å². The molecule has 8 heteroatoms. The topological polar surface area (TPSA) is 94.1 Å². The summed E-state index contributed by atoms with van der Waals surface area (Å²) in [6.45, 7) is 3.78. The summed E-state index contributed by atoms with van der Waals surface area (Å²) >= 11 is 1.38. The second-order valence-corrected chi connectivity index (χ2v) is 7.54. The van der Waals surface area contributed by atoms with E-state index in [1.807, 2.05) is 25.1 Å². The van der Waals surface area contributed by atoms with E-state index in [1.165, 1.54) is 17.5 Å². The molecule has 0 radical (unpaired) electrons. The molecule has 4 rings (SSSR count). The molecule has 0 aliphatic heterocycles. The number of rotatable bonds is 5. The molecule has 1 atom stereocenters. The molecule has 0 saturated carbocycles. The number of aryl methyl sites for hydroxylation is 1. The summed E-state index contributed by atoms with van der Waals surface area (Å²) in [4.78, 5) is 38.2. The van der Waals surface area contributed by atoms with E-state index in [2.05, 4.69) is 20.3 Å². The van der Waals surface area contributed by atoms with Gasteiger partial charge in [0.05, 0.1) is 21.3 Å². The molecule has 7 nitrogen and oxygen atoms in total. The second-order valence-electron chi connectivity index (χ2n) is 6.51. The molecular weight excluding hydrogens is 388 g/mol. The van der Waals surface area contributed by atoms with E-state index in [-0.39, 0.29) is 5.56 Å². The molecule has 1 amide bonds. The van der Waals surface area contributed by atoms with Gasteiger partial charge in [0.25, 0.3) is 5.91 Å². The van der Waals surface area contributed by atoms with E-state index in [9.17, 15) is 9.59 Å². The van der Waals surface area contributed by atoms with Crippen LogP contribution in [0.5, 0.6) is 0 Å². The number of carbonyl (C=O) groups excluding carboxylic acids is 2. The van der Waals surface area contributed by atoms with Crippen molar-refractivity contribution in [2.24, 2.45) is 0 Å². The lowest BCUT2D eigenvalue weighted by Gasteiger charge is -2.15. The van der Waals surface area contributed by atoms with Crippen LogP contribution in [-0.4, -0.2) is 32.9 Å². The molecule has 0 saturated heterocycles. The van der Waals surface area contributed by atoms with Gasteiger partial charge in [-0.1, -0.05) is 30.4 Å². The minimum atomic E-state index is -0.942. The molecule has 2 aromatic heterocycles. The zero-order valence-electron chi connectivity index (χ0n) is 15.9. The van der Waals surface area contributed by atoms with Crippen LogP contribution in [0.2, 0.25) is 0 Å². The summed E-state index contributed by atoms with van der Waals surface area (Å²) in [6, 6.07) is 11.0. The Morgan fingerprint density at radius 2 is 1.97 bits per heavy atom. The number of esters is 1. The van der Waals surface area contributed by atoms with Gasteiger partial charge in [-0.25, -0.2) is 9.78 Å². The van der Waals surface area contributed by atoms with Gasteiger partial charge in [-0.05, 0) is 43.2 Å². The summed E-state index contributed by atoms with van der Waals surface area (Å²) in [6.07, 6.45) is 2.46. The Kier molecular flexibility index (Phi) is 5.18. The number of amides is 1. The van der Waals surface area contributed by atoms with Crippen molar-refractivity contribution >= 4 is 49.6 Å². The van der Waals surface area contributed by atoms with Crippen LogP contribution in [-0.2, 0) is 9.53 Å². The van der Waals surface area contributed by atoms with Gasteiger partial charge in [0.2, 0.25) is 0 Å². The number of hydrogen-bond donors (Lipinski definition) is 1. The van der Waals surface area contributed by atoms with Crippen LogP contribution >= 0.6 is 11.3 Å². The molecule has 1 N–H and O–H groups in total. The standard InChI is InChI=1S/C21H18N4O3S/c1-3-16(19(26)25-21-24-14-8-7-12(2)11-17(14)29-21)28-20(27)13-5-4-6-15-18(13)23-10-9-22-15/h4-11,16H,3H2,1-2H3,(H,24,25,26). The number of ether oxygens (including phenoxy) is 1. The number of carbonyl (C=O) groups is 2. The first-order chi connectivity index (χ1) is 14.0. The third kappa shape index (κ3) is 3.93. The first kappa shape index (κ1) is 18.9. The van der Waals surface area contributed by atoms with Gasteiger partial charge in [0.15, 0.2) is 11.2 Å². The van der Waals surface area contributed by atoms with Gasteiger partial charge in [-0.15, -0.1) is 0 Å². The van der Waals surface area contributed by atoms with Crippen molar-refractivity contribution < 1.29 is 14.3 Å². The maximum Gasteiger partial charge on any atom is 0.341 e. The molecule has 0 aliphatic carbocycles. The van der Waals surface area contributed by atoms with Crippen LogP contribution in [0.1, 0.15) is 29.3 Å². The van der Waals surface area contributed by atoms with Crippen LogP contribution in [0.4, 0.5) is 5.13 Å². The van der Waals surface area contributed by atoms with Crippen molar-refractivity contribution in [1.29, 1.82) is 0 Å². The van der Waals surface area contributed by atoms with Gasteiger partial charge in [-0.2, -0.15) is 0 Å². The number of anilines is 1. The SMILES string of the molecule is CCC(OC(=O)c1cccc2nccnc12)C(=O)Nc1nc2ccc(C)cc2s1. The smallest absolute Gasteiger partial charge is 0.341 e. The Bertz CT molecular complexity index is 1220. The van der Waals surface area contributed by atoms with Crippen LogP contribution in [0.15, 0.2) is 48.8 Å². The van der Waals surface area contributed by atoms with Gasteiger partial charge in [-0.3, -0.25) is 20.1 Å². The van der Waals surface area contributed by atoms with Crippen molar-refractivity contribution in [3.63, 3.8) is 0 Å². The van der Waals surface area contributed by atoms with Crippen LogP contribution in [0.25, 0.3) is 21.3 Å². The van der Waals surface area contributed by atoms with Crippen molar-refractivity contribution in [1.82, 2.24) is 15.0 Å². The molecule has 4 aromatic rings. The predicted molar refractivity (Wildman–Crippen MR) is 112 cm³/mol. The minimum Gasteiger partial charge on any atom is -0.449 e. The Hall–Kier alpha value is -3.39. The summed E-state index contributed by atoms with van der Waals surface area (Å²) in [5, 5.41) is 3.23. The van der Waals surface area contributed by atoms with Gasteiger partial charge < -0.3 is 4.74 Å². The number of para-hydroxylation sites is 1. The number of thiazole rings is 1. The highest BCUT2D eigenvalue weighted by Crippen LogP contribution is 2.27. The second kappa shape index (κ2) is 7.92. The number of benzene rings is 2. The summed E-state index contributed by atoms with van der Waals surface area (Å²) in [5.74, 6) is -1.03. The number of hydrogen-bond acceptors (Lipinski definition) is 7. The lowest BCUT2D eigenvalue weighted by molar-refractivity contribution is -0.124. The summed E-state index contributed by atoms with van der Waals surface area (Å²) in [7, 11) is 0. The molecule has 0 fully saturated rings. The molecule has 0 bridgehead atoms. The van der Waals surface area contributed by atoms with Crippen molar-refractivity contribution in [2.75, 3.05) is 5.32 Å². The molecule has 1 unspecified atom stereocenters. The lowest BCUT2D eigenvalue weighted by Crippen LogP contribution is -2.32. The van der Waals surface area contributed by atoms with Gasteiger partial charge in [0.1, 0.15) is 5.52 Å². The van der Waals surface area contributed by atoms with Crippen LogP contribution in [0.3, 0.4) is 0 Å². The van der Waals surface area contributed by atoms with Crippen molar-refractivity contribution in [2.45, 2.75) is 26.4 Å². The monoisotopic (exact) mass is 406 g/mol. The highest BCUT2D eigenvalue weighted by molar-refractivity contribution is 7.22. The van der Waals surface area contributed by atoms with E-state index < -0.39 is 18.0 Å². The van der Waals surface area contributed by atoms with E-state index in [0.29, 0.717) is 22.6 Å². The van der Waals surface area contributed by atoms with Crippen molar-refractivity contribution in [3.05, 3.63) is 59.9 Å². The normalized spacial score (nSPS) is 12.1. The largest absolute Gasteiger partial charge is 0.449 e. The number of aromatic nitrogens is 3. The summed E-state index contributed by atoms with van der Waals surface area (Å²) in [5.41, 5.74) is 3.24. The average molecular weight is 406 g/mol. The minimum absolute atomic E-state index is 0.275. The molecule has 2 heterocycles. The lowest BCUT2D eigenvalue weighted by atomic mass is 10.1. The number of nitrogens with one attached hydrogen (secondary N) is 1. The maximum atomic E-state index is 12.7. The maximum absolute atomic E-state index is 12.7. The van der Waals surface area contributed by atoms with Gasteiger partial charge >= 0.3 is 5.97 Å². The van der Waals surface area contributed by atoms with Gasteiger partial charge in [0, 0.05) is 12.4 Å². The van der Waals surface area contributed by atoms with Crippen LogP contribution < -0.4 is 5.32 Å². The molecule has 29 heavy (non-hydrogen) atoms. The molecular formula is C21H18N4O3S. The fourth-order valence-corrected chi connectivity index (χ4v) is 3.91. The Labute approximate surface area is 170 Å². The fourth-order valence-electron chi connectivity index (χ4n) is 2.94. The van der Waals surface area contributed by atoms with E-state index in [1.54, 1.807) is 31.3 Å². The third-order valence-corrected chi connectivity index (χ3v) is 5.34. The van der Waals surface area contributed by atoms with Crippen LogP contribution in [0, 0.1) is 6.92 Å². The number of nitrogens with zero attached hydrogens (tertiary/aromatic N) is 3. The molecule has 0 aliphatic rings. The summed E-state index contributed by atoms with van der Waals surface area (Å²) < 4.78 is 6.46. The number of fused-ring (bicyclic) bond motifs is 2. The third-order valence-electron chi connectivity index (χ3n) is 4.41. The average Bonchev–Trinajstić information content (AvgIpc) is 3.12. The van der Waals surface area contributed by atoms with E-state index in [4.69, 9.17) is 4.74 Å². The first-order valence-corrected chi connectivity index (χ1v) is 9.95. The zero-order chi connectivity index (χ0) is 20.4. The highest BCUT2D eigenvalue weighted by Gasteiger charge is 2.24. The van der Waals surface area contributed by atoms with Crippen molar-refractivity contribution in [3.8, 4) is 0 Å². The predicted octanol–water partition coefficient (Wildman–Crippen LogP) is 4.12. The highest BCUT2D eigenvalue weighted by atomic mass is 32.1. The zero-order valence-corrected chi connectivity index (χ0v) is 16.7. The fraction of sp³-hybridized carbons (Fsp3) is 0.190. The van der Waals surface area contributed by atoms with E-state index >= 15 is 0 Å². The molecule has 146 valence electrons. The molecule has 2 aromatic carbocycles. The molecule has 0 spiro atoms. The Balaban J connectivity index is 1.51.